The lowest BCUT2D eigenvalue weighted by Crippen LogP contribution is -2.44. The van der Waals surface area contributed by atoms with Crippen molar-refractivity contribution in [2.45, 2.75) is 6.92 Å². The molecule has 1 aliphatic heterocycles. The van der Waals surface area contributed by atoms with Crippen LogP contribution in [0, 0.1) is 12.7 Å². The number of rotatable bonds is 3. The molecule has 9 heteroatoms. The molecule has 29 heavy (non-hydrogen) atoms. The van der Waals surface area contributed by atoms with Crippen LogP contribution in [0.15, 0.2) is 47.5 Å². The van der Waals surface area contributed by atoms with Gasteiger partial charge in [0.15, 0.2) is 11.5 Å². The normalized spacial score (nSPS) is 14.6. The number of pyridine rings is 2. The molecule has 148 valence electrons. The van der Waals surface area contributed by atoms with Gasteiger partial charge in [-0.1, -0.05) is 6.07 Å². The van der Waals surface area contributed by atoms with Crippen molar-refractivity contribution in [3.63, 3.8) is 0 Å². The Labute approximate surface area is 165 Å². The number of imidazole rings is 1. The van der Waals surface area contributed by atoms with Crippen LogP contribution in [0.4, 0.5) is 21.7 Å². The van der Waals surface area contributed by atoms with Crippen LogP contribution < -0.4 is 21.1 Å². The fourth-order valence-corrected chi connectivity index (χ4v) is 3.69. The second-order valence-corrected chi connectivity index (χ2v) is 7.11. The molecule has 2 N–H and O–H groups in total. The Morgan fingerprint density at radius 3 is 2.79 bits per heavy atom. The van der Waals surface area contributed by atoms with Crippen LogP contribution >= 0.6 is 0 Å². The highest BCUT2D eigenvalue weighted by Crippen LogP contribution is 2.21. The molecule has 5 rings (SSSR count). The average molecular weight is 393 g/mol. The average Bonchev–Trinajstić information content (AvgIpc) is 3.09. The number of piperazine rings is 1. The highest BCUT2D eigenvalue weighted by molar-refractivity contribution is 5.63. The number of aryl methyl sites for hydroxylation is 1. The molecule has 0 saturated carbocycles. The second kappa shape index (κ2) is 6.85. The van der Waals surface area contributed by atoms with E-state index >= 15 is 0 Å². The van der Waals surface area contributed by atoms with Gasteiger partial charge in [0.05, 0.1) is 11.4 Å². The predicted molar refractivity (Wildman–Crippen MR) is 110 cm³/mol. The van der Waals surface area contributed by atoms with Gasteiger partial charge in [0.1, 0.15) is 17.3 Å². The summed E-state index contributed by atoms with van der Waals surface area (Å²) in [6, 6.07) is 8.30. The van der Waals surface area contributed by atoms with Gasteiger partial charge < -0.3 is 19.9 Å². The number of fused-ring (bicyclic) bond motifs is 2. The maximum atomic E-state index is 14.4. The van der Waals surface area contributed by atoms with E-state index in [9.17, 15) is 9.18 Å². The third kappa shape index (κ3) is 3.19. The SMILES string of the molecule is Cc1cn2cc(Nc3cccc4nc(N5CCNCC5)cc(=O)n34)cc(F)c2n1. The predicted octanol–water partition coefficient (Wildman–Crippen LogP) is 1.94. The van der Waals surface area contributed by atoms with Crippen molar-refractivity contribution >= 4 is 28.6 Å². The number of halogens is 1. The van der Waals surface area contributed by atoms with Crippen molar-refractivity contribution in [2.75, 3.05) is 36.4 Å². The largest absolute Gasteiger partial charge is 0.354 e. The Hall–Kier alpha value is -3.46. The minimum Gasteiger partial charge on any atom is -0.354 e. The molecular weight excluding hydrogens is 373 g/mol. The Kier molecular flexibility index (Phi) is 4.17. The van der Waals surface area contributed by atoms with Crippen LogP contribution in [-0.2, 0) is 0 Å². The van der Waals surface area contributed by atoms with Crippen LogP contribution in [0.1, 0.15) is 5.69 Å². The summed E-state index contributed by atoms with van der Waals surface area (Å²) in [4.78, 5) is 23.8. The third-order valence-electron chi connectivity index (χ3n) is 5.01. The number of aromatic nitrogens is 4. The molecule has 0 radical (unpaired) electrons. The quantitative estimate of drug-likeness (QED) is 0.554. The lowest BCUT2D eigenvalue weighted by atomic mass is 10.3. The number of nitrogens with zero attached hydrogens (tertiary/aromatic N) is 5. The van der Waals surface area contributed by atoms with Crippen molar-refractivity contribution in [3.8, 4) is 0 Å². The van der Waals surface area contributed by atoms with Gasteiger partial charge in [-0.25, -0.2) is 18.8 Å². The molecule has 0 unspecified atom stereocenters. The molecular formula is C20H20FN7O. The molecule has 8 nitrogen and oxygen atoms in total. The van der Waals surface area contributed by atoms with E-state index in [1.54, 1.807) is 35.0 Å². The number of hydrogen-bond donors (Lipinski definition) is 2. The molecule has 0 amide bonds. The monoisotopic (exact) mass is 393 g/mol. The summed E-state index contributed by atoms with van der Waals surface area (Å²) < 4.78 is 17.5. The molecule has 0 spiro atoms. The third-order valence-corrected chi connectivity index (χ3v) is 5.01. The van der Waals surface area contributed by atoms with Crippen LogP contribution in [0.25, 0.3) is 11.3 Å². The molecule has 0 bridgehead atoms. The number of hydrogen-bond acceptors (Lipinski definition) is 6. The summed E-state index contributed by atoms with van der Waals surface area (Å²) in [7, 11) is 0. The van der Waals surface area contributed by atoms with Gasteiger partial charge in [-0.2, -0.15) is 0 Å². The Balaban J connectivity index is 1.56. The van der Waals surface area contributed by atoms with E-state index < -0.39 is 5.82 Å². The first-order valence-electron chi connectivity index (χ1n) is 9.49. The van der Waals surface area contributed by atoms with E-state index in [0.29, 0.717) is 23.0 Å². The van der Waals surface area contributed by atoms with Crippen molar-refractivity contribution in [3.05, 3.63) is 64.6 Å². The van der Waals surface area contributed by atoms with Crippen LogP contribution in [0.3, 0.4) is 0 Å². The van der Waals surface area contributed by atoms with Crippen LogP contribution in [-0.4, -0.2) is 44.9 Å². The standard InChI is InChI=1S/C20H20FN7O/c1-13-11-27-12-14(9-15(21)20(27)23-13)24-16-3-2-4-17-25-18(10-19(29)28(16)17)26-7-5-22-6-8-26/h2-4,9-12,22,24H,5-8H2,1H3. The summed E-state index contributed by atoms with van der Waals surface area (Å²) >= 11 is 0. The lowest BCUT2D eigenvalue weighted by Gasteiger charge is -2.28. The summed E-state index contributed by atoms with van der Waals surface area (Å²) in [5.41, 5.74) is 1.86. The Bertz CT molecular complexity index is 1270. The second-order valence-electron chi connectivity index (χ2n) is 7.11. The van der Waals surface area contributed by atoms with Crippen LogP contribution in [0.5, 0.6) is 0 Å². The molecule has 5 heterocycles. The van der Waals surface area contributed by atoms with E-state index in [2.05, 4.69) is 25.5 Å². The van der Waals surface area contributed by atoms with Crippen LogP contribution in [0.2, 0.25) is 0 Å². The molecule has 0 atom stereocenters. The maximum Gasteiger partial charge on any atom is 0.261 e. The summed E-state index contributed by atoms with van der Waals surface area (Å²) in [5, 5.41) is 6.43. The van der Waals surface area contributed by atoms with Crippen molar-refractivity contribution in [1.29, 1.82) is 0 Å². The van der Waals surface area contributed by atoms with Gasteiger partial charge in [0, 0.05) is 50.7 Å². The molecule has 1 aliphatic rings. The molecule has 1 fully saturated rings. The smallest absolute Gasteiger partial charge is 0.261 e. The number of nitrogens with one attached hydrogen (secondary N) is 2. The van der Waals surface area contributed by atoms with Gasteiger partial charge in [0.2, 0.25) is 0 Å². The lowest BCUT2D eigenvalue weighted by molar-refractivity contribution is 0.584. The van der Waals surface area contributed by atoms with Gasteiger partial charge in [-0.15, -0.1) is 0 Å². The minimum absolute atomic E-state index is 0.188. The summed E-state index contributed by atoms with van der Waals surface area (Å²) in [6.45, 7) is 5.16. The fraction of sp³-hybridized carbons (Fsp3) is 0.250. The van der Waals surface area contributed by atoms with E-state index in [-0.39, 0.29) is 11.2 Å². The van der Waals surface area contributed by atoms with E-state index in [0.717, 1.165) is 31.9 Å². The van der Waals surface area contributed by atoms with E-state index in [1.165, 1.54) is 10.5 Å². The highest BCUT2D eigenvalue weighted by atomic mass is 19.1. The van der Waals surface area contributed by atoms with Gasteiger partial charge in [0.25, 0.3) is 5.56 Å². The first-order valence-corrected chi connectivity index (χ1v) is 9.49. The molecule has 4 aromatic heterocycles. The van der Waals surface area contributed by atoms with E-state index in [1.807, 2.05) is 13.0 Å². The Morgan fingerprint density at radius 2 is 1.97 bits per heavy atom. The first-order chi connectivity index (χ1) is 14.1. The van der Waals surface area contributed by atoms with E-state index in [4.69, 9.17) is 0 Å². The van der Waals surface area contributed by atoms with Crippen molar-refractivity contribution in [1.82, 2.24) is 24.1 Å². The highest BCUT2D eigenvalue weighted by Gasteiger charge is 2.15. The van der Waals surface area contributed by atoms with Gasteiger partial charge >= 0.3 is 0 Å². The molecule has 1 saturated heterocycles. The fourth-order valence-electron chi connectivity index (χ4n) is 3.69. The Morgan fingerprint density at radius 1 is 1.14 bits per heavy atom. The first kappa shape index (κ1) is 17.6. The zero-order chi connectivity index (χ0) is 20.0. The number of anilines is 3. The molecule has 0 aliphatic carbocycles. The van der Waals surface area contributed by atoms with Gasteiger partial charge in [-0.05, 0) is 19.1 Å². The summed E-state index contributed by atoms with van der Waals surface area (Å²) in [5.74, 6) is 0.757. The van der Waals surface area contributed by atoms with Gasteiger partial charge in [-0.3, -0.25) is 4.79 Å². The minimum atomic E-state index is -0.435. The zero-order valence-corrected chi connectivity index (χ0v) is 15.9. The molecule has 0 aromatic carbocycles. The van der Waals surface area contributed by atoms with Crippen molar-refractivity contribution < 1.29 is 4.39 Å². The molecule has 4 aromatic rings. The zero-order valence-electron chi connectivity index (χ0n) is 15.9. The maximum absolute atomic E-state index is 14.4. The summed E-state index contributed by atoms with van der Waals surface area (Å²) in [6.07, 6.45) is 3.49. The topological polar surface area (TPSA) is 79.0 Å². The van der Waals surface area contributed by atoms with Crippen molar-refractivity contribution in [2.24, 2.45) is 0 Å².